The van der Waals surface area contributed by atoms with Crippen LogP contribution >= 0.6 is 11.8 Å². The Morgan fingerprint density at radius 1 is 1.47 bits per heavy atom. The van der Waals surface area contributed by atoms with Crippen LogP contribution in [0.15, 0.2) is 18.2 Å². The van der Waals surface area contributed by atoms with E-state index in [0.29, 0.717) is 6.54 Å². The highest BCUT2D eigenvalue weighted by Crippen LogP contribution is 2.17. The maximum atomic E-state index is 13.1. The molecule has 0 saturated heterocycles. The van der Waals surface area contributed by atoms with Crippen molar-refractivity contribution in [3.63, 3.8) is 0 Å². The first-order chi connectivity index (χ1) is 8.95. The van der Waals surface area contributed by atoms with Crippen molar-refractivity contribution in [3.8, 4) is 0 Å². The van der Waals surface area contributed by atoms with Crippen LogP contribution in [-0.2, 0) is 0 Å². The minimum Gasteiger partial charge on any atom is -0.478 e. The summed E-state index contributed by atoms with van der Waals surface area (Å²) < 4.78 is 13.1. The Kier molecular flexibility index (Phi) is 5.62. The molecule has 1 aromatic carbocycles. The molecule has 0 atom stereocenters. The van der Waals surface area contributed by atoms with E-state index in [1.165, 1.54) is 4.90 Å². The molecule has 19 heavy (non-hydrogen) atoms. The van der Waals surface area contributed by atoms with Gasteiger partial charge in [-0.15, -0.1) is 0 Å². The number of aromatic carboxylic acids is 1. The lowest BCUT2D eigenvalue weighted by Crippen LogP contribution is -2.33. The van der Waals surface area contributed by atoms with Gasteiger partial charge in [-0.2, -0.15) is 11.8 Å². The highest BCUT2D eigenvalue weighted by Gasteiger charge is 2.15. The van der Waals surface area contributed by atoms with Crippen molar-refractivity contribution in [2.45, 2.75) is 0 Å². The van der Waals surface area contributed by atoms with Crippen LogP contribution in [0.25, 0.3) is 0 Å². The number of nitrogens with zero attached hydrogens (tertiary/aromatic N) is 1. The molecule has 7 heteroatoms. The molecule has 0 aliphatic carbocycles. The van der Waals surface area contributed by atoms with Gasteiger partial charge in [0.05, 0.1) is 11.3 Å². The molecule has 0 aromatic heterocycles. The maximum absolute atomic E-state index is 13.1. The van der Waals surface area contributed by atoms with E-state index in [1.807, 2.05) is 6.26 Å². The molecule has 1 rings (SSSR count). The number of carboxylic acid groups (broad SMARTS) is 1. The Hall–Kier alpha value is -1.76. The smallest absolute Gasteiger partial charge is 0.337 e. The normalized spacial score (nSPS) is 10.1. The lowest BCUT2D eigenvalue weighted by Gasteiger charge is -2.18. The zero-order valence-electron chi connectivity index (χ0n) is 10.6. The number of benzene rings is 1. The Bertz CT molecular complexity index is 482. The first-order valence-electron chi connectivity index (χ1n) is 5.49. The molecule has 0 fully saturated rings. The van der Waals surface area contributed by atoms with E-state index in [0.717, 1.165) is 24.0 Å². The van der Waals surface area contributed by atoms with E-state index in [4.69, 9.17) is 5.11 Å². The summed E-state index contributed by atoms with van der Waals surface area (Å²) in [6.07, 6.45) is 1.92. The zero-order chi connectivity index (χ0) is 14.4. The van der Waals surface area contributed by atoms with Gasteiger partial charge in [-0.25, -0.2) is 14.0 Å². The van der Waals surface area contributed by atoms with Gasteiger partial charge >= 0.3 is 12.0 Å². The van der Waals surface area contributed by atoms with Gasteiger partial charge in [-0.1, -0.05) is 0 Å². The fraction of sp³-hybridized carbons (Fsp3) is 0.333. The lowest BCUT2D eigenvalue weighted by molar-refractivity contribution is 0.0698. The van der Waals surface area contributed by atoms with Gasteiger partial charge in [0.15, 0.2) is 0 Å². The van der Waals surface area contributed by atoms with E-state index in [1.54, 1.807) is 18.8 Å². The molecule has 0 unspecified atom stereocenters. The van der Waals surface area contributed by atoms with E-state index < -0.39 is 17.8 Å². The number of anilines is 1. The molecule has 0 aliphatic heterocycles. The molecule has 0 aliphatic rings. The second-order valence-corrected chi connectivity index (χ2v) is 4.83. The molecule has 0 heterocycles. The van der Waals surface area contributed by atoms with Crippen molar-refractivity contribution in [1.82, 2.24) is 4.90 Å². The Labute approximate surface area is 114 Å². The van der Waals surface area contributed by atoms with E-state index in [-0.39, 0.29) is 11.3 Å². The van der Waals surface area contributed by atoms with E-state index in [2.05, 4.69) is 5.32 Å². The monoisotopic (exact) mass is 286 g/mol. The largest absolute Gasteiger partial charge is 0.478 e. The molecule has 2 amide bonds. The molecule has 5 nitrogen and oxygen atoms in total. The second-order valence-electron chi connectivity index (χ2n) is 3.84. The highest BCUT2D eigenvalue weighted by molar-refractivity contribution is 7.98. The molecule has 0 bridgehead atoms. The summed E-state index contributed by atoms with van der Waals surface area (Å²) in [5, 5.41) is 11.4. The third-order valence-electron chi connectivity index (χ3n) is 2.43. The highest BCUT2D eigenvalue weighted by atomic mass is 32.2. The molecule has 2 N–H and O–H groups in total. The number of rotatable bonds is 5. The summed E-state index contributed by atoms with van der Waals surface area (Å²) in [5.74, 6) is -1.06. The van der Waals surface area contributed by atoms with Gasteiger partial charge in [0.25, 0.3) is 0 Å². The van der Waals surface area contributed by atoms with Gasteiger partial charge in [-0.05, 0) is 24.5 Å². The van der Waals surface area contributed by atoms with Crippen LogP contribution in [0.3, 0.4) is 0 Å². The number of thioether (sulfide) groups is 1. The number of carbonyl (C=O) groups excluding carboxylic acids is 1. The van der Waals surface area contributed by atoms with Gasteiger partial charge in [-0.3, -0.25) is 0 Å². The Morgan fingerprint density at radius 3 is 2.74 bits per heavy atom. The summed E-state index contributed by atoms with van der Waals surface area (Å²) in [5.41, 5.74) is -0.193. The average Bonchev–Trinajstić information content (AvgIpc) is 2.35. The van der Waals surface area contributed by atoms with Gasteiger partial charge in [0.1, 0.15) is 5.82 Å². The first kappa shape index (κ1) is 15.3. The topological polar surface area (TPSA) is 69.6 Å². The van der Waals surface area contributed by atoms with Crippen molar-refractivity contribution < 1.29 is 19.1 Å². The summed E-state index contributed by atoms with van der Waals surface area (Å²) in [7, 11) is 1.59. The number of amides is 2. The zero-order valence-corrected chi connectivity index (χ0v) is 11.5. The summed E-state index contributed by atoms with van der Waals surface area (Å²) in [6.45, 7) is 0.519. The first-order valence-corrected chi connectivity index (χ1v) is 6.89. The van der Waals surface area contributed by atoms with Crippen molar-refractivity contribution in [1.29, 1.82) is 0 Å². The predicted octanol–water partition coefficient (Wildman–Crippen LogP) is 2.35. The average molecular weight is 286 g/mol. The lowest BCUT2D eigenvalue weighted by atomic mass is 10.2. The molecule has 0 saturated carbocycles. The standard InChI is InChI=1S/C12H15FN2O3S/c1-15(5-6-19-2)12(18)14-10-7-8(13)3-4-9(10)11(16)17/h3-4,7H,5-6H2,1-2H3,(H,14,18)(H,16,17). The third kappa shape index (κ3) is 4.44. The van der Waals surface area contributed by atoms with Crippen LogP contribution in [0.2, 0.25) is 0 Å². The minimum atomic E-state index is -1.22. The minimum absolute atomic E-state index is 0.0477. The van der Waals surface area contributed by atoms with Crippen molar-refractivity contribution in [2.24, 2.45) is 0 Å². The Balaban J connectivity index is 2.83. The Morgan fingerprint density at radius 2 is 2.16 bits per heavy atom. The van der Waals surface area contributed by atoms with E-state index in [9.17, 15) is 14.0 Å². The SMILES string of the molecule is CSCCN(C)C(=O)Nc1cc(F)ccc1C(=O)O. The predicted molar refractivity (Wildman–Crippen MR) is 73.4 cm³/mol. The number of carboxylic acids is 1. The summed E-state index contributed by atoms with van der Waals surface area (Å²) in [4.78, 5) is 24.2. The third-order valence-corrected chi connectivity index (χ3v) is 3.02. The van der Waals surface area contributed by atoms with Gasteiger partial charge in [0, 0.05) is 19.3 Å². The maximum Gasteiger partial charge on any atom is 0.337 e. The number of halogens is 1. The number of carbonyl (C=O) groups is 2. The molecule has 0 spiro atoms. The van der Waals surface area contributed by atoms with Crippen LogP contribution in [0.5, 0.6) is 0 Å². The van der Waals surface area contributed by atoms with Crippen LogP contribution in [0.1, 0.15) is 10.4 Å². The van der Waals surface area contributed by atoms with E-state index >= 15 is 0 Å². The fourth-order valence-electron chi connectivity index (χ4n) is 1.35. The number of nitrogens with one attached hydrogen (secondary N) is 1. The van der Waals surface area contributed by atoms with Gasteiger partial charge < -0.3 is 15.3 Å². The van der Waals surface area contributed by atoms with Crippen molar-refractivity contribution in [2.75, 3.05) is 30.9 Å². The van der Waals surface area contributed by atoms with Crippen LogP contribution in [0.4, 0.5) is 14.9 Å². The molecule has 1 aromatic rings. The number of urea groups is 1. The van der Waals surface area contributed by atoms with Crippen molar-refractivity contribution >= 4 is 29.4 Å². The summed E-state index contributed by atoms with van der Waals surface area (Å²) in [6, 6.07) is 2.68. The fourth-order valence-corrected chi connectivity index (χ4v) is 1.80. The second kappa shape index (κ2) is 6.98. The number of hydrogen-bond acceptors (Lipinski definition) is 3. The molecule has 104 valence electrons. The molecule has 0 radical (unpaired) electrons. The van der Waals surface area contributed by atoms with Crippen molar-refractivity contribution in [3.05, 3.63) is 29.6 Å². The molecular formula is C12H15FN2O3S. The van der Waals surface area contributed by atoms with Crippen LogP contribution in [0, 0.1) is 5.82 Å². The number of hydrogen-bond donors (Lipinski definition) is 2. The van der Waals surface area contributed by atoms with Crippen LogP contribution in [-0.4, -0.2) is 47.6 Å². The van der Waals surface area contributed by atoms with Crippen LogP contribution < -0.4 is 5.32 Å². The molecular weight excluding hydrogens is 271 g/mol. The summed E-state index contributed by atoms with van der Waals surface area (Å²) >= 11 is 1.59. The quantitative estimate of drug-likeness (QED) is 0.871. The van der Waals surface area contributed by atoms with Gasteiger partial charge in [0.2, 0.25) is 0 Å².